The second kappa shape index (κ2) is 9.32. The number of nitrogens with two attached hydrogens (primary N) is 1. The van der Waals surface area contributed by atoms with Crippen LogP contribution in [-0.4, -0.2) is 45.6 Å². The maximum atomic E-state index is 13.8. The molecule has 2 heterocycles. The molecule has 3 N–H and O–H groups in total. The van der Waals surface area contributed by atoms with Gasteiger partial charge in [-0.15, -0.1) is 10.2 Å². The molecule has 0 radical (unpaired) electrons. The van der Waals surface area contributed by atoms with Crippen LogP contribution in [0.2, 0.25) is 10.0 Å². The van der Waals surface area contributed by atoms with Crippen LogP contribution in [0.15, 0.2) is 42.5 Å². The molecular formula is C21H20Cl2FN5O2. The molecule has 2 unspecified atom stereocenters. The van der Waals surface area contributed by atoms with Gasteiger partial charge in [0.2, 0.25) is 5.95 Å². The summed E-state index contributed by atoms with van der Waals surface area (Å²) in [5.41, 5.74) is 7.46. The van der Waals surface area contributed by atoms with Crippen LogP contribution in [0.1, 0.15) is 12.0 Å². The van der Waals surface area contributed by atoms with Crippen molar-refractivity contribution in [3.8, 4) is 11.3 Å². The molecule has 7 nitrogen and oxygen atoms in total. The number of hydrogen-bond acceptors (Lipinski definition) is 7. The van der Waals surface area contributed by atoms with E-state index in [9.17, 15) is 9.50 Å². The van der Waals surface area contributed by atoms with Crippen molar-refractivity contribution in [2.45, 2.75) is 25.2 Å². The fourth-order valence-corrected chi connectivity index (χ4v) is 3.93. The molecule has 2 aromatic carbocycles. The fourth-order valence-electron chi connectivity index (χ4n) is 3.54. The van der Waals surface area contributed by atoms with Crippen molar-refractivity contribution in [1.82, 2.24) is 15.2 Å². The number of nitrogen functional groups attached to an aromatic ring is 1. The Morgan fingerprint density at radius 3 is 2.74 bits per heavy atom. The molecule has 0 amide bonds. The van der Waals surface area contributed by atoms with Crippen molar-refractivity contribution < 1.29 is 14.2 Å². The van der Waals surface area contributed by atoms with Gasteiger partial charge in [0.1, 0.15) is 11.5 Å². The summed E-state index contributed by atoms with van der Waals surface area (Å²) in [5, 5.41) is 19.2. The average Bonchev–Trinajstić information content (AvgIpc) is 3.12. The highest BCUT2D eigenvalue weighted by molar-refractivity contribution is 6.43. The maximum Gasteiger partial charge on any atom is 0.247 e. The third-order valence-corrected chi connectivity index (χ3v) is 5.90. The Labute approximate surface area is 188 Å². The predicted molar refractivity (Wildman–Crippen MR) is 118 cm³/mol. The quantitative estimate of drug-likeness (QED) is 0.574. The Hall–Kier alpha value is -2.52. The molecule has 1 fully saturated rings. The normalized spacial score (nSPS) is 18.5. The van der Waals surface area contributed by atoms with Crippen LogP contribution >= 0.6 is 23.2 Å². The number of rotatable bonds is 6. The smallest absolute Gasteiger partial charge is 0.247 e. The fraction of sp³-hybridized carbons (Fsp3) is 0.286. The number of nitrogens with zero attached hydrogens (tertiary/aromatic N) is 4. The largest absolute Gasteiger partial charge is 0.391 e. The van der Waals surface area contributed by atoms with Gasteiger partial charge in [-0.25, -0.2) is 4.39 Å². The SMILES string of the molecule is Nc1nc(N2CC(O)CC2COCc2ccccc2F)nnc1-c1cccc(Cl)c1Cl. The van der Waals surface area contributed by atoms with Gasteiger partial charge in [0, 0.05) is 17.7 Å². The van der Waals surface area contributed by atoms with E-state index in [0.29, 0.717) is 39.8 Å². The van der Waals surface area contributed by atoms with Gasteiger partial charge in [-0.05, 0) is 18.6 Å². The molecule has 162 valence electrons. The lowest BCUT2D eigenvalue weighted by Crippen LogP contribution is -2.35. The number of halogens is 3. The third kappa shape index (κ3) is 4.72. The number of hydrogen-bond donors (Lipinski definition) is 2. The lowest BCUT2D eigenvalue weighted by Gasteiger charge is -2.24. The minimum atomic E-state index is -0.575. The zero-order valence-corrected chi connectivity index (χ0v) is 17.9. The molecule has 1 aromatic heterocycles. The summed E-state index contributed by atoms with van der Waals surface area (Å²) < 4.78 is 19.5. The summed E-state index contributed by atoms with van der Waals surface area (Å²) in [7, 11) is 0. The summed E-state index contributed by atoms with van der Waals surface area (Å²) in [6, 6.07) is 11.4. The molecule has 31 heavy (non-hydrogen) atoms. The lowest BCUT2D eigenvalue weighted by molar-refractivity contribution is 0.100. The van der Waals surface area contributed by atoms with E-state index >= 15 is 0 Å². The van der Waals surface area contributed by atoms with E-state index in [0.717, 1.165) is 0 Å². The summed E-state index contributed by atoms with van der Waals surface area (Å²) in [6.45, 7) is 0.698. The van der Waals surface area contributed by atoms with E-state index in [4.69, 9.17) is 33.7 Å². The zero-order chi connectivity index (χ0) is 22.0. The molecule has 0 spiro atoms. The number of aromatic nitrogens is 3. The highest BCUT2D eigenvalue weighted by Gasteiger charge is 2.33. The molecule has 3 aromatic rings. The van der Waals surface area contributed by atoms with Crippen molar-refractivity contribution in [3.63, 3.8) is 0 Å². The highest BCUT2D eigenvalue weighted by Crippen LogP contribution is 2.35. The van der Waals surface area contributed by atoms with Crippen LogP contribution in [0, 0.1) is 5.82 Å². The van der Waals surface area contributed by atoms with E-state index in [1.54, 1.807) is 41.3 Å². The van der Waals surface area contributed by atoms with Gasteiger partial charge in [0.15, 0.2) is 5.82 Å². The van der Waals surface area contributed by atoms with E-state index < -0.39 is 6.10 Å². The average molecular weight is 464 g/mol. The minimum Gasteiger partial charge on any atom is -0.391 e. The Kier molecular flexibility index (Phi) is 6.52. The van der Waals surface area contributed by atoms with E-state index in [2.05, 4.69) is 15.2 Å². The Bertz CT molecular complexity index is 1090. The first kappa shape index (κ1) is 21.7. The summed E-state index contributed by atoms with van der Waals surface area (Å²) in [4.78, 5) is 6.16. The summed E-state index contributed by atoms with van der Waals surface area (Å²) in [6.07, 6.45) is -0.114. The first-order chi connectivity index (χ1) is 14.9. The standard InChI is InChI=1S/C21H20Cl2FN5O2/c22-16-6-3-5-15(18(16)23)19-20(25)26-21(28-27-19)29-9-14(30)8-13(29)11-31-10-12-4-1-2-7-17(12)24/h1-7,13-14,30H,8-11H2,(H2,25,26,28). The van der Waals surface area contributed by atoms with Crippen molar-refractivity contribution in [1.29, 1.82) is 0 Å². The van der Waals surface area contributed by atoms with Gasteiger partial charge < -0.3 is 20.5 Å². The Balaban J connectivity index is 1.50. The first-order valence-electron chi connectivity index (χ1n) is 9.64. The van der Waals surface area contributed by atoms with Crippen molar-refractivity contribution in [2.24, 2.45) is 0 Å². The van der Waals surface area contributed by atoms with Crippen molar-refractivity contribution >= 4 is 35.0 Å². The summed E-state index contributed by atoms with van der Waals surface area (Å²) >= 11 is 12.3. The van der Waals surface area contributed by atoms with Crippen LogP contribution < -0.4 is 10.6 Å². The molecule has 0 bridgehead atoms. The van der Waals surface area contributed by atoms with Crippen LogP contribution in [0.5, 0.6) is 0 Å². The molecular weight excluding hydrogens is 444 g/mol. The van der Waals surface area contributed by atoms with Gasteiger partial charge in [0.25, 0.3) is 0 Å². The van der Waals surface area contributed by atoms with Gasteiger partial charge >= 0.3 is 0 Å². The van der Waals surface area contributed by atoms with Gasteiger partial charge in [0.05, 0.1) is 35.4 Å². The Morgan fingerprint density at radius 1 is 1.16 bits per heavy atom. The van der Waals surface area contributed by atoms with E-state index in [1.807, 2.05) is 0 Å². The molecule has 2 atom stereocenters. The maximum absolute atomic E-state index is 13.8. The van der Waals surface area contributed by atoms with Crippen LogP contribution in [0.4, 0.5) is 16.2 Å². The van der Waals surface area contributed by atoms with Crippen LogP contribution in [0.25, 0.3) is 11.3 Å². The van der Waals surface area contributed by atoms with Gasteiger partial charge in [-0.2, -0.15) is 4.98 Å². The van der Waals surface area contributed by atoms with E-state index in [1.165, 1.54) is 6.07 Å². The minimum absolute atomic E-state index is 0.126. The Morgan fingerprint density at radius 2 is 1.97 bits per heavy atom. The molecule has 4 rings (SSSR count). The summed E-state index contributed by atoms with van der Waals surface area (Å²) in [5.74, 6) is 0.0957. The van der Waals surface area contributed by atoms with Crippen molar-refractivity contribution in [3.05, 3.63) is 63.9 Å². The molecule has 10 heteroatoms. The van der Waals surface area contributed by atoms with Crippen LogP contribution in [0.3, 0.4) is 0 Å². The lowest BCUT2D eigenvalue weighted by atomic mass is 10.1. The zero-order valence-electron chi connectivity index (χ0n) is 16.4. The molecule has 0 saturated carbocycles. The number of anilines is 2. The monoisotopic (exact) mass is 463 g/mol. The van der Waals surface area contributed by atoms with E-state index in [-0.39, 0.29) is 36.8 Å². The first-order valence-corrected chi connectivity index (χ1v) is 10.4. The third-order valence-electron chi connectivity index (χ3n) is 5.08. The number of benzene rings is 2. The molecule has 1 aliphatic rings. The molecule has 1 saturated heterocycles. The molecule has 0 aliphatic carbocycles. The predicted octanol–water partition coefficient (Wildman–Crippen LogP) is 3.72. The van der Waals surface area contributed by atoms with Gasteiger partial charge in [-0.1, -0.05) is 53.5 Å². The van der Waals surface area contributed by atoms with Gasteiger partial charge in [-0.3, -0.25) is 0 Å². The molecule has 1 aliphatic heterocycles. The number of aliphatic hydroxyl groups is 1. The second-order valence-corrected chi connectivity index (χ2v) is 8.03. The number of β-amino-alcohol motifs (C(OH)–C–C–N with tert-alkyl or cyclic N) is 1. The topological polar surface area (TPSA) is 97.4 Å². The number of aliphatic hydroxyl groups excluding tert-OH is 1. The van der Waals surface area contributed by atoms with Crippen molar-refractivity contribution in [2.75, 3.05) is 23.8 Å². The number of ether oxygens (including phenoxy) is 1. The van der Waals surface area contributed by atoms with Crippen LogP contribution in [-0.2, 0) is 11.3 Å². The highest BCUT2D eigenvalue weighted by atomic mass is 35.5. The second-order valence-electron chi connectivity index (χ2n) is 7.25.